The van der Waals surface area contributed by atoms with Crippen molar-refractivity contribution >= 4 is 17.6 Å². The van der Waals surface area contributed by atoms with Gasteiger partial charge in [-0.15, -0.1) is 0 Å². The highest BCUT2D eigenvalue weighted by Gasteiger charge is 2.27. The maximum atomic E-state index is 11.8. The fourth-order valence-electron chi connectivity index (χ4n) is 1.24. The predicted molar refractivity (Wildman–Crippen MR) is 70.4 cm³/mol. The van der Waals surface area contributed by atoms with Crippen molar-refractivity contribution in [3.05, 3.63) is 29.8 Å². The first-order chi connectivity index (χ1) is 8.90. The summed E-state index contributed by atoms with van der Waals surface area (Å²) in [6.07, 6.45) is 0. The molecule has 0 aliphatic heterocycles. The number of hydrogen-bond acceptors (Lipinski definition) is 4. The lowest BCUT2D eigenvalue weighted by atomic mass is 9.94. The molecule has 0 aliphatic rings. The van der Waals surface area contributed by atoms with Gasteiger partial charge in [-0.2, -0.15) is 5.26 Å². The third kappa shape index (κ3) is 3.81. The lowest BCUT2D eigenvalue weighted by Crippen LogP contribution is -2.29. The van der Waals surface area contributed by atoms with E-state index in [1.54, 1.807) is 31.2 Å². The van der Waals surface area contributed by atoms with Gasteiger partial charge in [-0.05, 0) is 45.0 Å². The van der Waals surface area contributed by atoms with Crippen LogP contribution in [0.2, 0.25) is 0 Å². The van der Waals surface area contributed by atoms with Gasteiger partial charge in [0, 0.05) is 5.69 Å². The van der Waals surface area contributed by atoms with Gasteiger partial charge in [0.1, 0.15) is 5.41 Å². The minimum absolute atomic E-state index is 0.313. The van der Waals surface area contributed by atoms with Gasteiger partial charge in [0.2, 0.25) is 5.91 Å². The summed E-state index contributed by atoms with van der Waals surface area (Å²) in [7, 11) is 0. The van der Waals surface area contributed by atoms with Crippen LogP contribution in [0.25, 0.3) is 0 Å². The summed E-state index contributed by atoms with van der Waals surface area (Å²) in [5, 5.41) is 11.5. The molecular weight excluding hydrogens is 244 g/mol. The first-order valence-electron chi connectivity index (χ1n) is 5.90. The highest BCUT2D eigenvalue weighted by Crippen LogP contribution is 2.18. The van der Waals surface area contributed by atoms with E-state index < -0.39 is 11.4 Å². The zero-order chi connectivity index (χ0) is 14.5. The molecule has 0 aliphatic carbocycles. The Morgan fingerprint density at radius 2 is 1.89 bits per heavy atom. The minimum Gasteiger partial charge on any atom is -0.462 e. The molecule has 19 heavy (non-hydrogen) atoms. The van der Waals surface area contributed by atoms with E-state index in [0.29, 0.717) is 17.9 Å². The van der Waals surface area contributed by atoms with Gasteiger partial charge in [0.15, 0.2) is 0 Å². The normalized spacial score (nSPS) is 10.4. The van der Waals surface area contributed by atoms with Gasteiger partial charge < -0.3 is 10.1 Å². The van der Waals surface area contributed by atoms with Gasteiger partial charge in [0.05, 0.1) is 18.2 Å². The molecule has 1 aromatic rings. The molecule has 1 aromatic carbocycles. The van der Waals surface area contributed by atoms with Crippen LogP contribution in [-0.2, 0) is 9.53 Å². The third-order valence-electron chi connectivity index (χ3n) is 2.50. The first kappa shape index (κ1) is 14.7. The fourth-order valence-corrected chi connectivity index (χ4v) is 1.24. The number of amides is 1. The molecule has 1 N–H and O–H groups in total. The number of rotatable bonds is 4. The number of nitrogens with zero attached hydrogens (tertiary/aromatic N) is 1. The molecule has 5 heteroatoms. The van der Waals surface area contributed by atoms with Crippen LogP contribution in [0.15, 0.2) is 24.3 Å². The minimum atomic E-state index is -1.10. The molecule has 0 atom stereocenters. The van der Waals surface area contributed by atoms with Gasteiger partial charge in [-0.1, -0.05) is 0 Å². The zero-order valence-electron chi connectivity index (χ0n) is 11.2. The number of esters is 1. The highest BCUT2D eigenvalue weighted by atomic mass is 16.5. The number of hydrogen-bond donors (Lipinski definition) is 1. The van der Waals surface area contributed by atoms with Crippen LogP contribution in [0.3, 0.4) is 0 Å². The summed E-state index contributed by atoms with van der Waals surface area (Å²) in [4.78, 5) is 23.2. The largest absolute Gasteiger partial charge is 0.462 e. The molecule has 1 amide bonds. The van der Waals surface area contributed by atoms with Crippen molar-refractivity contribution in [2.45, 2.75) is 20.8 Å². The number of carbonyl (C=O) groups is 2. The molecule has 1 rings (SSSR count). The molecule has 0 aromatic heterocycles. The van der Waals surface area contributed by atoms with E-state index in [4.69, 9.17) is 10.00 Å². The quantitative estimate of drug-likeness (QED) is 0.843. The van der Waals surface area contributed by atoms with E-state index in [9.17, 15) is 9.59 Å². The smallest absolute Gasteiger partial charge is 0.338 e. The zero-order valence-corrected chi connectivity index (χ0v) is 11.2. The molecule has 0 bridgehead atoms. The Morgan fingerprint density at radius 3 is 2.37 bits per heavy atom. The van der Waals surface area contributed by atoms with Crippen LogP contribution in [-0.4, -0.2) is 18.5 Å². The number of nitriles is 1. The summed E-state index contributed by atoms with van der Waals surface area (Å²) in [6, 6.07) is 8.24. The SMILES string of the molecule is CCOC(=O)c1ccc(NC(=O)C(C)(C)C#N)cc1. The number of carbonyl (C=O) groups excluding carboxylic acids is 2. The maximum absolute atomic E-state index is 11.8. The van der Waals surface area contributed by atoms with Crippen molar-refractivity contribution in [2.24, 2.45) is 5.41 Å². The van der Waals surface area contributed by atoms with E-state index >= 15 is 0 Å². The Morgan fingerprint density at radius 1 is 1.32 bits per heavy atom. The second kappa shape index (κ2) is 6.01. The van der Waals surface area contributed by atoms with Crippen molar-refractivity contribution in [3.63, 3.8) is 0 Å². The van der Waals surface area contributed by atoms with Crippen molar-refractivity contribution in [1.82, 2.24) is 0 Å². The van der Waals surface area contributed by atoms with Crippen LogP contribution in [0, 0.1) is 16.7 Å². The van der Waals surface area contributed by atoms with Crippen molar-refractivity contribution in [1.29, 1.82) is 5.26 Å². The maximum Gasteiger partial charge on any atom is 0.338 e. The molecule has 100 valence electrons. The summed E-state index contributed by atoms with van der Waals surface area (Å²) >= 11 is 0. The highest BCUT2D eigenvalue weighted by molar-refractivity contribution is 5.97. The van der Waals surface area contributed by atoms with Crippen LogP contribution in [0.1, 0.15) is 31.1 Å². The molecule has 0 radical (unpaired) electrons. The Labute approximate surface area is 112 Å². The van der Waals surface area contributed by atoms with E-state index in [2.05, 4.69) is 5.32 Å². The Bertz CT molecular complexity index is 512. The Hall–Kier alpha value is -2.35. The molecule has 0 unspecified atom stereocenters. The third-order valence-corrected chi connectivity index (χ3v) is 2.50. The second-order valence-corrected chi connectivity index (χ2v) is 4.49. The molecule has 0 heterocycles. The van der Waals surface area contributed by atoms with Crippen LogP contribution >= 0.6 is 0 Å². The molecule has 0 fully saturated rings. The van der Waals surface area contributed by atoms with Crippen molar-refractivity contribution in [2.75, 3.05) is 11.9 Å². The average molecular weight is 260 g/mol. The molecule has 0 saturated heterocycles. The number of ether oxygens (including phenoxy) is 1. The van der Waals surface area contributed by atoms with E-state index in [0.717, 1.165) is 0 Å². The first-order valence-corrected chi connectivity index (χ1v) is 5.90. The van der Waals surface area contributed by atoms with Crippen molar-refractivity contribution in [3.8, 4) is 6.07 Å². The topological polar surface area (TPSA) is 79.2 Å². The second-order valence-electron chi connectivity index (χ2n) is 4.49. The van der Waals surface area contributed by atoms with E-state index in [1.807, 2.05) is 6.07 Å². The van der Waals surface area contributed by atoms with Crippen LogP contribution in [0.5, 0.6) is 0 Å². The molecule has 0 spiro atoms. The average Bonchev–Trinajstić information content (AvgIpc) is 2.39. The number of anilines is 1. The standard InChI is InChI=1S/C14H16N2O3/c1-4-19-12(17)10-5-7-11(8-6-10)16-13(18)14(2,3)9-15/h5-8H,4H2,1-3H3,(H,16,18). The Kier molecular flexibility index (Phi) is 4.65. The van der Waals surface area contributed by atoms with E-state index in [-0.39, 0.29) is 5.91 Å². The summed E-state index contributed by atoms with van der Waals surface area (Å²) in [5.41, 5.74) is -0.152. The fraction of sp³-hybridized carbons (Fsp3) is 0.357. The summed E-state index contributed by atoms with van der Waals surface area (Å²) in [6.45, 7) is 5.12. The number of nitrogens with one attached hydrogen (secondary N) is 1. The van der Waals surface area contributed by atoms with Gasteiger partial charge in [-0.25, -0.2) is 4.79 Å². The van der Waals surface area contributed by atoms with Gasteiger partial charge >= 0.3 is 5.97 Å². The Balaban J connectivity index is 2.76. The molecule has 5 nitrogen and oxygen atoms in total. The summed E-state index contributed by atoms with van der Waals surface area (Å²) < 4.78 is 4.85. The molecular formula is C14H16N2O3. The predicted octanol–water partition coefficient (Wildman–Crippen LogP) is 2.35. The van der Waals surface area contributed by atoms with Crippen molar-refractivity contribution < 1.29 is 14.3 Å². The summed E-state index contributed by atoms with van der Waals surface area (Å²) in [5.74, 6) is -0.795. The lowest BCUT2D eigenvalue weighted by Gasteiger charge is -2.15. The van der Waals surface area contributed by atoms with Gasteiger partial charge in [-0.3, -0.25) is 4.79 Å². The van der Waals surface area contributed by atoms with E-state index in [1.165, 1.54) is 13.8 Å². The number of benzene rings is 1. The monoisotopic (exact) mass is 260 g/mol. The van der Waals surface area contributed by atoms with Gasteiger partial charge in [0.25, 0.3) is 0 Å². The molecule has 0 saturated carbocycles. The van der Waals surface area contributed by atoms with Crippen LogP contribution < -0.4 is 5.32 Å². The van der Waals surface area contributed by atoms with Crippen LogP contribution in [0.4, 0.5) is 5.69 Å². The lowest BCUT2D eigenvalue weighted by molar-refractivity contribution is -0.121.